The summed E-state index contributed by atoms with van der Waals surface area (Å²) in [5, 5.41) is 72.1. The molecule has 70 heavy (non-hydrogen) atoms. The molecular weight excluding hydrogens is 897 g/mol. The van der Waals surface area contributed by atoms with Gasteiger partial charge in [0, 0.05) is 13.0 Å². The zero-order valence-electron chi connectivity index (χ0n) is 44.3. The lowest BCUT2D eigenvalue weighted by molar-refractivity contribution is -0.332. The molecule has 2 aliphatic heterocycles. The van der Waals surface area contributed by atoms with Crippen LogP contribution in [0.25, 0.3) is 0 Å². The van der Waals surface area contributed by atoms with E-state index >= 15 is 0 Å². The average molecular weight is 1000 g/mol. The van der Waals surface area contributed by atoms with Gasteiger partial charge in [-0.25, -0.2) is 0 Å². The molecule has 0 spiro atoms. The summed E-state index contributed by atoms with van der Waals surface area (Å²) in [6.45, 7) is 3.66. The third-order valence-corrected chi connectivity index (χ3v) is 14.0. The third-order valence-electron chi connectivity index (χ3n) is 14.0. The second-order valence-corrected chi connectivity index (χ2v) is 20.5. The Hall–Kier alpha value is -1.27. The maximum absolute atomic E-state index is 13.0. The van der Waals surface area contributed by atoms with Gasteiger partial charge in [0.25, 0.3) is 0 Å². The average Bonchev–Trinajstić information content (AvgIpc) is 3.36. The van der Waals surface area contributed by atoms with E-state index in [-0.39, 0.29) is 25.6 Å². The minimum absolute atomic E-state index is 0.0639. The number of esters is 1. The fourth-order valence-electron chi connectivity index (χ4n) is 9.35. The minimum Gasteiger partial charge on any atom is -0.457 e. The predicted octanol–water partition coefficient (Wildman–Crippen LogP) is 9.80. The summed E-state index contributed by atoms with van der Waals surface area (Å²) in [5.74, 6) is -0.383. The van der Waals surface area contributed by atoms with Crippen molar-refractivity contribution in [2.75, 3.05) is 33.0 Å². The van der Waals surface area contributed by atoms with E-state index in [9.17, 15) is 40.5 Å². The largest absolute Gasteiger partial charge is 0.457 e. The van der Waals surface area contributed by atoms with Crippen molar-refractivity contribution in [3.05, 3.63) is 12.2 Å². The highest BCUT2D eigenvalue weighted by atomic mass is 16.7. The molecule has 0 saturated carbocycles. The summed E-state index contributed by atoms with van der Waals surface area (Å²) in [6, 6.07) is 0. The second-order valence-electron chi connectivity index (χ2n) is 20.5. The first-order valence-corrected chi connectivity index (χ1v) is 28.8. The molecular formula is C56H106O14. The number of aliphatic hydroxyl groups excluding tert-OH is 7. The molecule has 0 aromatic carbocycles. The lowest BCUT2D eigenvalue weighted by atomic mass is 9.98. The second kappa shape index (κ2) is 44.1. The Balaban J connectivity index is 1.63. The molecule has 0 bridgehead atoms. The summed E-state index contributed by atoms with van der Waals surface area (Å²) in [5.41, 5.74) is 0. The quantitative estimate of drug-likeness (QED) is 0.0172. The van der Waals surface area contributed by atoms with Crippen molar-refractivity contribution in [3.8, 4) is 0 Å². The maximum Gasteiger partial charge on any atom is 0.306 e. The van der Waals surface area contributed by atoms with Gasteiger partial charge >= 0.3 is 5.97 Å². The van der Waals surface area contributed by atoms with Gasteiger partial charge in [0.1, 0.15) is 54.9 Å². The molecule has 0 radical (unpaired) electrons. The Bertz CT molecular complexity index is 1210. The Morgan fingerprint density at radius 2 is 0.871 bits per heavy atom. The van der Waals surface area contributed by atoms with Crippen LogP contribution in [0.1, 0.15) is 239 Å². The molecule has 2 saturated heterocycles. The number of carbonyl (C=O) groups is 1. The molecule has 2 aliphatic rings. The first kappa shape index (κ1) is 64.8. The highest BCUT2D eigenvalue weighted by Gasteiger charge is 2.47. The van der Waals surface area contributed by atoms with Gasteiger partial charge < -0.3 is 64.2 Å². The summed E-state index contributed by atoms with van der Waals surface area (Å²) in [6.07, 6.45) is 31.7. The van der Waals surface area contributed by atoms with Gasteiger partial charge in [-0.05, 0) is 32.1 Å². The highest BCUT2D eigenvalue weighted by Crippen LogP contribution is 2.27. The molecule has 0 aliphatic carbocycles. The van der Waals surface area contributed by atoms with Gasteiger partial charge in [0.05, 0.1) is 26.4 Å². The molecule has 14 heteroatoms. The predicted molar refractivity (Wildman–Crippen MR) is 275 cm³/mol. The zero-order valence-corrected chi connectivity index (χ0v) is 44.3. The normalized spacial score (nSPS) is 25.5. The molecule has 0 aromatic heterocycles. The molecule has 2 heterocycles. The van der Waals surface area contributed by atoms with Crippen LogP contribution in [0.3, 0.4) is 0 Å². The minimum atomic E-state index is -1.70. The van der Waals surface area contributed by atoms with Crippen LogP contribution in [0.2, 0.25) is 0 Å². The first-order valence-electron chi connectivity index (χ1n) is 28.8. The van der Waals surface area contributed by atoms with Crippen molar-refractivity contribution in [1.82, 2.24) is 0 Å². The number of ether oxygens (including phenoxy) is 6. The first-order chi connectivity index (χ1) is 34.1. The van der Waals surface area contributed by atoms with Crippen molar-refractivity contribution in [3.63, 3.8) is 0 Å². The SMILES string of the molecule is CCC/C=C\CCCCCCCC(=O)OC(COCCCCCCCCCCCCCCCCCCCCCCCCCCCC)COC1OC(COC2OC(CO)C(O)C(O)C2O)C(O)C(O)C1O. The van der Waals surface area contributed by atoms with E-state index in [0.29, 0.717) is 13.0 Å². The molecule has 0 amide bonds. The number of allylic oxidation sites excluding steroid dienone is 2. The van der Waals surface area contributed by atoms with E-state index in [1.165, 1.54) is 148 Å². The Morgan fingerprint density at radius 1 is 0.457 bits per heavy atom. The number of carbonyl (C=O) groups excluding carboxylic acids is 1. The van der Waals surface area contributed by atoms with E-state index in [2.05, 4.69) is 26.0 Å². The van der Waals surface area contributed by atoms with Gasteiger partial charge in [-0.3, -0.25) is 4.79 Å². The standard InChI is InChI=1S/C56H106O14/c1-3-5-7-9-11-13-15-16-17-18-19-20-21-22-23-24-25-26-27-28-29-30-32-34-36-38-40-65-42-45(68-48(58)39-37-35-33-31-14-12-10-8-6-4-2)43-66-55-54(64)52(62)50(60)47(70-55)44-67-56-53(63)51(61)49(59)46(41-57)69-56/h8,10,45-47,49-57,59-64H,3-7,9,11-44H2,1-2H3/b10-8-. The number of unbranched alkanes of at least 4 members (excludes halogenated alkanes) is 31. The fourth-order valence-corrected chi connectivity index (χ4v) is 9.35. The summed E-state index contributed by atoms with van der Waals surface area (Å²) < 4.78 is 34.3. The van der Waals surface area contributed by atoms with Gasteiger partial charge in [-0.1, -0.05) is 212 Å². The van der Waals surface area contributed by atoms with Crippen LogP contribution in [-0.4, -0.2) is 142 Å². The molecule has 2 rings (SSSR count). The molecule has 11 atom stereocenters. The molecule has 11 unspecified atom stereocenters. The molecule has 7 N–H and O–H groups in total. The Kier molecular flexibility index (Phi) is 40.8. The summed E-state index contributed by atoms with van der Waals surface area (Å²) in [7, 11) is 0. The fraction of sp³-hybridized carbons (Fsp3) is 0.946. The van der Waals surface area contributed by atoms with Crippen molar-refractivity contribution >= 4 is 5.97 Å². The lowest BCUT2D eigenvalue weighted by Gasteiger charge is -2.42. The van der Waals surface area contributed by atoms with Crippen LogP contribution in [0.5, 0.6) is 0 Å². The van der Waals surface area contributed by atoms with E-state index in [1.807, 2.05) is 0 Å². The van der Waals surface area contributed by atoms with Crippen LogP contribution in [0, 0.1) is 0 Å². The van der Waals surface area contributed by atoms with Crippen LogP contribution in [0.15, 0.2) is 12.2 Å². The van der Waals surface area contributed by atoms with Crippen molar-refractivity contribution in [2.24, 2.45) is 0 Å². The molecule has 2 fully saturated rings. The van der Waals surface area contributed by atoms with E-state index in [1.54, 1.807) is 0 Å². The van der Waals surface area contributed by atoms with Gasteiger partial charge in [-0.15, -0.1) is 0 Å². The van der Waals surface area contributed by atoms with Crippen LogP contribution < -0.4 is 0 Å². The maximum atomic E-state index is 13.0. The van der Waals surface area contributed by atoms with Crippen molar-refractivity contribution < 1.29 is 69.0 Å². The van der Waals surface area contributed by atoms with E-state index in [0.717, 1.165) is 64.2 Å². The van der Waals surface area contributed by atoms with Crippen LogP contribution in [0.4, 0.5) is 0 Å². The van der Waals surface area contributed by atoms with Crippen molar-refractivity contribution in [1.29, 1.82) is 0 Å². The number of aliphatic hydroxyl groups is 7. The van der Waals surface area contributed by atoms with Crippen molar-refractivity contribution in [2.45, 2.75) is 306 Å². The van der Waals surface area contributed by atoms with E-state index in [4.69, 9.17) is 28.4 Å². The highest BCUT2D eigenvalue weighted by molar-refractivity contribution is 5.69. The topological polar surface area (TPSA) is 214 Å². The smallest absolute Gasteiger partial charge is 0.306 e. The van der Waals surface area contributed by atoms with Gasteiger partial charge in [0.2, 0.25) is 0 Å². The summed E-state index contributed by atoms with van der Waals surface area (Å²) in [4.78, 5) is 13.0. The monoisotopic (exact) mass is 1000 g/mol. The third kappa shape index (κ3) is 30.8. The van der Waals surface area contributed by atoms with Crippen LogP contribution >= 0.6 is 0 Å². The number of hydrogen-bond donors (Lipinski definition) is 7. The van der Waals surface area contributed by atoms with Gasteiger partial charge in [-0.2, -0.15) is 0 Å². The Morgan fingerprint density at radius 3 is 1.36 bits per heavy atom. The van der Waals surface area contributed by atoms with Gasteiger partial charge in [0.15, 0.2) is 12.6 Å². The zero-order chi connectivity index (χ0) is 50.9. The molecule has 414 valence electrons. The lowest BCUT2D eigenvalue weighted by Crippen LogP contribution is -2.61. The molecule has 0 aromatic rings. The Labute approximate surface area is 425 Å². The molecule has 14 nitrogen and oxygen atoms in total. The number of hydrogen-bond acceptors (Lipinski definition) is 14. The number of rotatable bonds is 47. The van der Waals surface area contributed by atoms with Crippen LogP contribution in [-0.2, 0) is 33.2 Å². The summed E-state index contributed by atoms with van der Waals surface area (Å²) >= 11 is 0. The van der Waals surface area contributed by atoms with E-state index < -0.39 is 80.7 Å².